The normalized spacial score (nSPS) is 17.8. The molecule has 6 nitrogen and oxygen atoms in total. The zero-order valence-electron chi connectivity index (χ0n) is 11.8. The van der Waals surface area contributed by atoms with Crippen molar-refractivity contribution in [1.82, 2.24) is 13.7 Å². The van der Waals surface area contributed by atoms with Crippen molar-refractivity contribution in [2.45, 2.75) is 11.4 Å². The minimum atomic E-state index is -3.55. The number of nitrogens with zero attached hydrogens (tertiary/aromatic N) is 3. The highest BCUT2D eigenvalue weighted by Crippen LogP contribution is 2.27. The van der Waals surface area contributed by atoms with Gasteiger partial charge in [0.2, 0.25) is 0 Å². The van der Waals surface area contributed by atoms with Crippen LogP contribution in [-0.4, -0.2) is 53.8 Å². The summed E-state index contributed by atoms with van der Waals surface area (Å²) < 4.78 is 29.2. The van der Waals surface area contributed by atoms with Crippen LogP contribution in [0.2, 0.25) is 0 Å². The Balaban J connectivity index is 2.13. The number of imidazole rings is 1. The molecule has 2 aromatic heterocycles. The number of thioether (sulfide) groups is 1. The Morgan fingerprint density at radius 1 is 1.29 bits per heavy atom. The van der Waals surface area contributed by atoms with E-state index in [1.165, 1.54) is 0 Å². The molecule has 21 heavy (non-hydrogen) atoms. The molecule has 0 radical (unpaired) electrons. The number of sulfonamides is 1. The fraction of sp³-hybridized carbons (Fsp3) is 0.462. The summed E-state index contributed by atoms with van der Waals surface area (Å²) in [5, 5.41) is 3.13. The predicted molar refractivity (Wildman–Crippen MR) is 85.4 cm³/mol. The highest BCUT2D eigenvalue weighted by Gasteiger charge is 2.31. The zero-order chi connectivity index (χ0) is 14.9. The van der Waals surface area contributed by atoms with Crippen molar-refractivity contribution in [2.24, 2.45) is 0 Å². The van der Waals surface area contributed by atoms with E-state index in [1.54, 1.807) is 39.8 Å². The van der Waals surface area contributed by atoms with E-state index < -0.39 is 10.0 Å². The second kappa shape index (κ2) is 5.86. The SMILES string of the molecule is CNc1nc2ccccn2c1S(=O)(=O)N1CCCSCC1. The number of nitrogens with one attached hydrogen (secondary N) is 1. The fourth-order valence-electron chi connectivity index (χ4n) is 2.47. The van der Waals surface area contributed by atoms with Crippen LogP contribution in [0.4, 0.5) is 5.82 Å². The van der Waals surface area contributed by atoms with E-state index in [9.17, 15) is 8.42 Å². The van der Waals surface area contributed by atoms with Crippen LogP contribution in [0.1, 0.15) is 6.42 Å². The third kappa shape index (κ3) is 2.63. The first-order chi connectivity index (χ1) is 10.1. The molecular weight excluding hydrogens is 308 g/mol. The first-order valence-electron chi connectivity index (χ1n) is 6.87. The number of hydrogen-bond donors (Lipinski definition) is 1. The summed E-state index contributed by atoms with van der Waals surface area (Å²) in [6.45, 7) is 1.12. The van der Waals surface area contributed by atoms with Gasteiger partial charge < -0.3 is 5.32 Å². The molecule has 1 aliphatic rings. The number of rotatable bonds is 3. The Bertz CT molecular complexity index is 734. The van der Waals surface area contributed by atoms with E-state index in [0.717, 1.165) is 17.9 Å². The van der Waals surface area contributed by atoms with Gasteiger partial charge in [0.25, 0.3) is 10.0 Å². The number of fused-ring (bicyclic) bond motifs is 1. The summed E-state index contributed by atoms with van der Waals surface area (Å²) in [4.78, 5) is 4.36. The van der Waals surface area contributed by atoms with Crippen LogP contribution in [0.3, 0.4) is 0 Å². The third-order valence-electron chi connectivity index (χ3n) is 3.49. The molecule has 0 amide bonds. The molecule has 0 bridgehead atoms. The van der Waals surface area contributed by atoms with Crippen LogP contribution in [0.15, 0.2) is 29.4 Å². The Morgan fingerprint density at radius 3 is 2.95 bits per heavy atom. The maximum absolute atomic E-state index is 13.0. The first-order valence-corrected chi connectivity index (χ1v) is 9.47. The summed E-state index contributed by atoms with van der Waals surface area (Å²) in [6.07, 6.45) is 2.62. The molecule has 3 heterocycles. The van der Waals surface area contributed by atoms with E-state index >= 15 is 0 Å². The molecule has 1 N–H and O–H groups in total. The topological polar surface area (TPSA) is 66.7 Å². The molecule has 1 aliphatic heterocycles. The van der Waals surface area contributed by atoms with E-state index in [0.29, 0.717) is 24.6 Å². The smallest absolute Gasteiger partial charge is 0.262 e. The van der Waals surface area contributed by atoms with E-state index in [2.05, 4.69) is 10.3 Å². The quantitative estimate of drug-likeness (QED) is 0.926. The van der Waals surface area contributed by atoms with Crippen molar-refractivity contribution in [1.29, 1.82) is 0 Å². The molecule has 1 saturated heterocycles. The van der Waals surface area contributed by atoms with Crippen molar-refractivity contribution in [3.8, 4) is 0 Å². The average Bonchev–Trinajstić information content (AvgIpc) is 2.66. The van der Waals surface area contributed by atoms with Gasteiger partial charge in [-0.2, -0.15) is 16.1 Å². The predicted octanol–water partition coefficient (Wildman–Crippen LogP) is 1.50. The highest BCUT2D eigenvalue weighted by atomic mass is 32.2. The van der Waals surface area contributed by atoms with Gasteiger partial charge in [-0.15, -0.1) is 0 Å². The molecule has 0 unspecified atom stereocenters. The van der Waals surface area contributed by atoms with Gasteiger partial charge in [0.15, 0.2) is 10.8 Å². The van der Waals surface area contributed by atoms with Gasteiger partial charge in [-0.3, -0.25) is 4.40 Å². The minimum absolute atomic E-state index is 0.229. The second-order valence-electron chi connectivity index (χ2n) is 4.81. The van der Waals surface area contributed by atoms with Crippen molar-refractivity contribution in [3.05, 3.63) is 24.4 Å². The van der Waals surface area contributed by atoms with E-state index in [-0.39, 0.29) is 5.03 Å². The van der Waals surface area contributed by atoms with Crippen LogP contribution in [-0.2, 0) is 10.0 Å². The maximum atomic E-state index is 13.0. The van der Waals surface area contributed by atoms with Crippen LogP contribution in [0, 0.1) is 0 Å². The zero-order valence-corrected chi connectivity index (χ0v) is 13.5. The Morgan fingerprint density at radius 2 is 2.14 bits per heavy atom. The third-order valence-corrected chi connectivity index (χ3v) is 6.46. The minimum Gasteiger partial charge on any atom is -0.371 e. The maximum Gasteiger partial charge on any atom is 0.262 e. The Kier molecular flexibility index (Phi) is 4.10. The van der Waals surface area contributed by atoms with Gasteiger partial charge in [0.05, 0.1) is 0 Å². The number of anilines is 1. The number of pyridine rings is 1. The molecule has 0 saturated carbocycles. The molecule has 114 valence electrons. The van der Waals surface area contributed by atoms with Gasteiger partial charge in [0.1, 0.15) is 5.65 Å². The lowest BCUT2D eigenvalue weighted by Gasteiger charge is -2.19. The number of aromatic nitrogens is 2. The van der Waals surface area contributed by atoms with E-state index in [4.69, 9.17) is 0 Å². The fourth-order valence-corrected chi connectivity index (χ4v) is 5.21. The summed E-state index contributed by atoms with van der Waals surface area (Å²) in [6, 6.07) is 5.46. The summed E-state index contributed by atoms with van der Waals surface area (Å²) in [7, 11) is -1.86. The number of hydrogen-bond acceptors (Lipinski definition) is 5. The summed E-state index contributed by atoms with van der Waals surface area (Å²) in [5.41, 5.74) is 0.629. The van der Waals surface area contributed by atoms with Crippen LogP contribution in [0.5, 0.6) is 0 Å². The highest BCUT2D eigenvalue weighted by molar-refractivity contribution is 7.99. The Hall–Kier alpha value is -1.25. The van der Waals surface area contributed by atoms with Crippen molar-refractivity contribution < 1.29 is 8.42 Å². The van der Waals surface area contributed by atoms with Crippen molar-refractivity contribution in [3.63, 3.8) is 0 Å². The summed E-state index contributed by atoms with van der Waals surface area (Å²) in [5.74, 6) is 2.25. The molecule has 2 aromatic rings. The van der Waals surface area contributed by atoms with Crippen molar-refractivity contribution >= 4 is 33.3 Å². The Labute approximate surface area is 128 Å². The van der Waals surface area contributed by atoms with Gasteiger partial charge in [-0.1, -0.05) is 6.07 Å². The molecule has 0 atom stereocenters. The molecule has 0 aromatic carbocycles. The molecule has 8 heteroatoms. The van der Waals surface area contributed by atoms with Crippen LogP contribution < -0.4 is 5.32 Å². The van der Waals surface area contributed by atoms with Crippen LogP contribution >= 0.6 is 11.8 Å². The van der Waals surface area contributed by atoms with Gasteiger partial charge in [0, 0.05) is 32.1 Å². The standard InChI is InChI=1S/C13H18N4O2S2/c1-14-12-13(17-7-3-2-5-11(17)15-12)21(18,19)16-6-4-9-20-10-8-16/h2-3,5,7,14H,4,6,8-10H2,1H3. The lowest BCUT2D eigenvalue weighted by Crippen LogP contribution is -2.34. The van der Waals surface area contributed by atoms with Gasteiger partial charge in [-0.25, -0.2) is 13.4 Å². The molecule has 0 aliphatic carbocycles. The molecule has 3 rings (SSSR count). The first kappa shape index (κ1) is 14.7. The summed E-state index contributed by atoms with van der Waals surface area (Å²) >= 11 is 1.80. The molecule has 1 fully saturated rings. The van der Waals surface area contributed by atoms with Crippen molar-refractivity contribution in [2.75, 3.05) is 37.0 Å². The lowest BCUT2D eigenvalue weighted by molar-refractivity contribution is 0.432. The molecular formula is C13H18N4O2S2. The monoisotopic (exact) mass is 326 g/mol. The second-order valence-corrected chi connectivity index (χ2v) is 7.89. The lowest BCUT2D eigenvalue weighted by atomic mass is 10.5. The van der Waals surface area contributed by atoms with Gasteiger partial charge in [-0.05, 0) is 24.3 Å². The van der Waals surface area contributed by atoms with E-state index in [1.807, 2.05) is 12.1 Å². The van der Waals surface area contributed by atoms with Crippen LogP contribution in [0.25, 0.3) is 5.65 Å². The largest absolute Gasteiger partial charge is 0.371 e. The average molecular weight is 326 g/mol. The molecule has 0 spiro atoms. The van der Waals surface area contributed by atoms with Gasteiger partial charge >= 0.3 is 0 Å².